The van der Waals surface area contributed by atoms with Gasteiger partial charge in [-0.05, 0) is 43.6 Å². The quantitative estimate of drug-likeness (QED) is 0.861. The SMILES string of the molecule is CSc1ccccc1C(=O)Nc1nc2c(s1)C[C@@H](C)CC2. The highest BCUT2D eigenvalue weighted by molar-refractivity contribution is 7.98. The highest BCUT2D eigenvalue weighted by Gasteiger charge is 2.21. The van der Waals surface area contributed by atoms with Crippen molar-refractivity contribution in [3.63, 3.8) is 0 Å². The van der Waals surface area contributed by atoms with E-state index < -0.39 is 0 Å². The van der Waals surface area contributed by atoms with Gasteiger partial charge in [-0.3, -0.25) is 10.1 Å². The first-order chi connectivity index (χ1) is 10.2. The van der Waals surface area contributed by atoms with Gasteiger partial charge in [0, 0.05) is 9.77 Å². The number of aryl methyl sites for hydroxylation is 1. The first kappa shape index (κ1) is 14.6. The minimum Gasteiger partial charge on any atom is -0.298 e. The standard InChI is InChI=1S/C16H18N2OS2/c1-10-7-8-12-14(9-10)21-16(17-12)18-15(19)11-5-3-4-6-13(11)20-2/h3-6,10H,7-9H2,1-2H3,(H,17,18,19)/t10-/m0/s1. The molecule has 3 nitrogen and oxygen atoms in total. The Morgan fingerprint density at radius 3 is 3.05 bits per heavy atom. The largest absolute Gasteiger partial charge is 0.298 e. The molecule has 0 bridgehead atoms. The molecule has 1 heterocycles. The molecule has 0 aliphatic heterocycles. The van der Waals surface area contributed by atoms with Gasteiger partial charge in [0.05, 0.1) is 11.3 Å². The third kappa shape index (κ3) is 3.14. The van der Waals surface area contributed by atoms with Crippen LogP contribution in [0.4, 0.5) is 5.13 Å². The number of carbonyl (C=O) groups excluding carboxylic acids is 1. The lowest BCUT2D eigenvalue weighted by Gasteiger charge is -2.15. The summed E-state index contributed by atoms with van der Waals surface area (Å²) in [5.74, 6) is 0.651. The number of carbonyl (C=O) groups is 1. The molecule has 1 aromatic heterocycles. The number of nitrogens with one attached hydrogen (secondary N) is 1. The van der Waals surface area contributed by atoms with E-state index in [4.69, 9.17) is 0 Å². The van der Waals surface area contributed by atoms with Crippen LogP contribution >= 0.6 is 23.1 Å². The van der Waals surface area contributed by atoms with Crippen LogP contribution in [0.3, 0.4) is 0 Å². The second-order valence-electron chi connectivity index (χ2n) is 5.39. The molecular weight excluding hydrogens is 300 g/mol. The average molecular weight is 318 g/mol. The number of aromatic nitrogens is 1. The van der Waals surface area contributed by atoms with Gasteiger partial charge in [-0.25, -0.2) is 4.98 Å². The first-order valence-electron chi connectivity index (χ1n) is 7.10. The summed E-state index contributed by atoms with van der Waals surface area (Å²) < 4.78 is 0. The summed E-state index contributed by atoms with van der Waals surface area (Å²) in [6.07, 6.45) is 5.30. The molecule has 1 amide bonds. The molecule has 1 N–H and O–H groups in total. The van der Waals surface area contributed by atoms with E-state index in [9.17, 15) is 4.79 Å². The summed E-state index contributed by atoms with van der Waals surface area (Å²) >= 11 is 3.21. The first-order valence-corrected chi connectivity index (χ1v) is 9.14. The molecule has 21 heavy (non-hydrogen) atoms. The molecule has 110 valence electrons. The fourth-order valence-electron chi connectivity index (χ4n) is 2.59. The topological polar surface area (TPSA) is 42.0 Å². The molecule has 0 saturated heterocycles. The number of fused-ring (bicyclic) bond motifs is 1. The van der Waals surface area contributed by atoms with Gasteiger partial charge in [-0.1, -0.05) is 19.1 Å². The number of hydrogen-bond donors (Lipinski definition) is 1. The van der Waals surface area contributed by atoms with Crippen molar-refractivity contribution in [3.05, 3.63) is 40.4 Å². The predicted octanol–water partition coefficient (Wildman–Crippen LogP) is 4.24. The van der Waals surface area contributed by atoms with E-state index in [1.165, 1.54) is 17.0 Å². The van der Waals surface area contributed by atoms with E-state index in [0.717, 1.165) is 28.8 Å². The van der Waals surface area contributed by atoms with E-state index in [0.29, 0.717) is 5.56 Å². The van der Waals surface area contributed by atoms with Gasteiger partial charge in [0.1, 0.15) is 0 Å². The molecule has 0 fully saturated rings. The van der Waals surface area contributed by atoms with Crippen molar-refractivity contribution in [3.8, 4) is 0 Å². The zero-order valence-corrected chi connectivity index (χ0v) is 13.8. The Morgan fingerprint density at radius 1 is 1.43 bits per heavy atom. The third-order valence-corrected chi connectivity index (χ3v) is 5.59. The normalized spacial score (nSPS) is 17.3. The van der Waals surface area contributed by atoms with Gasteiger partial charge in [-0.15, -0.1) is 23.1 Å². The Hall–Kier alpha value is -1.33. The van der Waals surface area contributed by atoms with Crippen LogP contribution in [0.2, 0.25) is 0 Å². The molecule has 0 spiro atoms. The zero-order chi connectivity index (χ0) is 14.8. The molecule has 1 atom stereocenters. The van der Waals surface area contributed by atoms with Crippen LogP contribution in [-0.2, 0) is 12.8 Å². The number of amides is 1. The Labute approximate surface area is 133 Å². The molecule has 2 aromatic rings. The maximum absolute atomic E-state index is 12.4. The van der Waals surface area contributed by atoms with Gasteiger partial charge in [0.25, 0.3) is 5.91 Å². The van der Waals surface area contributed by atoms with Crippen LogP contribution in [0.5, 0.6) is 0 Å². The van der Waals surface area contributed by atoms with Crippen molar-refractivity contribution in [2.24, 2.45) is 5.92 Å². The van der Waals surface area contributed by atoms with Crippen LogP contribution in [-0.4, -0.2) is 17.1 Å². The molecule has 1 aliphatic rings. The van der Waals surface area contributed by atoms with Gasteiger partial charge in [0.15, 0.2) is 5.13 Å². The van der Waals surface area contributed by atoms with Crippen molar-refractivity contribution in [1.29, 1.82) is 0 Å². The lowest BCUT2D eigenvalue weighted by atomic mass is 9.93. The number of anilines is 1. The number of rotatable bonds is 3. The fraction of sp³-hybridized carbons (Fsp3) is 0.375. The van der Waals surface area contributed by atoms with Gasteiger partial charge >= 0.3 is 0 Å². The van der Waals surface area contributed by atoms with Crippen molar-refractivity contribution in [1.82, 2.24) is 4.98 Å². The monoisotopic (exact) mass is 318 g/mol. The van der Waals surface area contributed by atoms with E-state index in [1.54, 1.807) is 23.1 Å². The summed E-state index contributed by atoms with van der Waals surface area (Å²) in [6, 6.07) is 7.67. The number of nitrogens with zero attached hydrogens (tertiary/aromatic N) is 1. The van der Waals surface area contributed by atoms with Gasteiger partial charge < -0.3 is 0 Å². The molecule has 0 unspecified atom stereocenters. The van der Waals surface area contributed by atoms with Crippen LogP contribution in [0, 0.1) is 5.92 Å². The molecule has 1 aromatic carbocycles. The van der Waals surface area contributed by atoms with Crippen LogP contribution in [0.25, 0.3) is 0 Å². The van der Waals surface area contributed by atoms with Gasteiger partial charge in [-0.2, -0.15) is 0 Å². The van der Waals surface area contributed by atoms with Crippen molar-refractivity contribution in [2.45, 2.75) is 31.1 Å². The molecule has 0 saturated carbocycles. The third-order valence-electron chi connectivity index (χ3n) is 3.76. The number of hydrogen-bond acceptors (Lipinski definition) is 4. The van der Waals surface area contributed by atoms with Crippen molar-refractivity contribution < 1.29 is 4.79 Å². The minimum absolute atomic E-state index is 0.0703. The van der Waals surface area contributed by atoms with Crippen LogP contribution in [0.15, 0.2) is 29.2 Å². The van der Waals surface area contributed by atoms with Crippen molar-refractivity contribution in [2.75, 3.05) is 11.6 Å². The summed E-state index contributed by atoms with van der Waals surface area (Å²) in [6.45, 7) is 2.27. The van der Waals surface area contributed by atoms with Crippen LogP contribution < -0.4 is 5.32 Å². The van der Waals surface area contributed by atoms with E-state index in [2.05, 4.69) is 17.2 Å². The highest BCUT2D eigenvalue weighted by atomic mass is 32.2. The second-order valence-corrected chi connectivity index (χ2v) is 7.32. The predicted molar refractivity (Wildman–Crippen MR) is 89.5 cm³/mol. The fourth-order valence-corrected chi connectivity index (χ4v) is 4.35. The highest BCUT2D eigenvalue weighted by Crippen LogP contribution is 2.32. The Balaban J connectivity index is 1.79. The van der Waals surface area contributed by atoms with Crippen molar-refractivity contribution >= 4 is 34.1 Å². The summed E-state index contributed by atoms with van der Waals surface area (Å²) in [5, 5.41) is 3.69. The molecule has 3 rings (SSSR count). The lowest BCUT2D eigenvalue weighted by Crippen LogP contribution is -2.13. The Bertz CT molecular complexity index is 666. The number of benzene rings is 1. The Kier molecular flexibility index (Phi) is 4.31. The minimum atomic E-state index is -0.0703. The van der Waals surface area contributed by atoms with E-state index in [-0.39, 0.29) is 5.91 Å². The maximum Gasteiger partial charge on any atom is 0.258 e. The number of thiazole rings is 1. The lowest BCUT2D eigenvalue weighted by molar-refractivity contribution is 0.102. The summed E-state index contributed by atoms with van der Waals surface area (Å²) in [7, 11) is 0. The Morgan fingerprint density at radius 2 is 2.24 bits per heavy atom. The number of thioether (sulfide) groups is 1. The van der Waals surface area contributed by atoms with E-state index >= 15 is 0 Å². The molecular formula is C16H18N2OS2. The van der Waals surface area contributed by atoms with E-state index in [1.807, 2.05) is 30.5 Å². The summed E-state index contributed by atoms with van der Waals surface area (Å²) in [4.78, 5) is 19.3. The molecule has 0 radical (unpaired) electrons. The summed E-state index contributed by atoms with van der Waals surface area (Å²) in [5.41, 5.74) is 1.89. The van der Waals surface area contributed by atoms with Crippen LogP contribution in [0.1, 0.15) is 34.3 Å². The average Bonchev–Trinajstić information content (AvgIpc) is 2.88. The molecule has 5 heteroatoms. The second kappa shape index (κ2) is 6.20. The van der Waals surface area contributed by atoms with Gasteiger partial charge in [0.2, 0.25) is 0 Å². The zero-order valence-electron chi connectivity index (χ0n) is 12.2. The molecule has 1 aliphatic carbocycles. The maximum atomic E-state index is 12.4. The smallest absolute Gasteiger partial charge is 0.258 e.